The van der Waals surface area contributed by atoms with Gasteiger partial charge >= 0.3 is 0 Å². The molecule has 0 saturated carbocycles. The first-order chi connectivity index (χ1) is 22.5. The summed E-state index contributed by atoms with van der Waals surface area (Å²) in [5.74, 6) is -0.907. The van der Waals surface area contributed by atoms with Gasteiger partial charge in [-0.05, 0) is 83.4 Å². The van der Waals surface area contributed by atoms with E-state index in [0.717, 1.165) is 32.9 Å². The lowest BCUT2D eigenvalue weighted by atomic mass is 9.90. The van der Waals surface area contributed by atoms with Crippen LogP contribution in [0.15, 0.2) is 60.7 Å². The summed E-state index contributed by atoms with van der Waals surface area (Å²) < 4.78 is 0. The van der Waals surface area contributed by atoms with Gasteiger partial charge in [0.05, 0.1) is 0 Å². The first kappa shape index (κ1) is 42.4. The zero-order chi connectivity index (χ0) is 37.0. The third kappa shape index (κ3) is 8.27. The standard InChI is InChI=1S/2C18H20N2O2.C5H12.2CH4/c1-18(2,3)20(5)14-10-9-13-15-11(14)7-6-8-12(15)16(21)19(4)17(13)22;1-18(2,3)20-16(21)12-8-6-7-11-14(19(4)5)10-9-13(15(11)12)17(20)22;1-5(2,3)4;;/h2*6-10H,1-5H3;1-4H3;2*1H4. The molecule has 4 amide bonds. The highest BCUT2D eigenvalue weighted by atomic mass is 16.2. The van der Waals surface area contributed by atoms with Crippen LogP contribution in [0, 0.1) is 5.41 Å². The highest BCUT2D eigenvalue weighted by Gasteiger charge is 2.39. The van der Waals surface area contributed by atoms with Crippen LogP contribution in [0.3, 0.4) is 0 Å². The lowest BCUT2D eigenvalue weighted by Gasteiger charge is -2.37. The van der Waals surface area contributed by atoms with Gasteiger partial charge in [-0.15, -0.1) is 0 Å². The van der Waals surface area contributed by atoms with E-state index in [2.05, 4.69) is 53.4 Å². The van der Waals surface area contributed by atoms with E-state index in [-0.39, 0.29) is 44.0 Å². The Kier molecular flexibility index (Phi) is 12.4. The molecule has 0 fully saturated rings. The Bertz CT molecular complexity index is 1920. The van der Waals surface area contributed by atoms with Crippen molar-refractivity contribution in [3.05, 3.63) is 82.9 Å². The maximum absolute atomic E-state index is 12.8. The second-order valence-electron chi connectivity index (χ2n) is 16.6. The molecule has 6 rings (SSSR count). The monoisotopic (exact) mass is 696 g/mol. The molecule has 0 radical (unpaired) electrons. The van der Waals surface area contributed by atoms with E-state index in [1.807, 2.05) is 95.3 Å². The summed E-state index contributed by atoms with van der Waals surface area (Å²) in [4.78, 5) is 57.1. The van der Waals surface area contributed by atoms with Crippen molar-refractivity contribution in [2.75, 3.05) is 38.0 Å². The second kappa shape index (κ2) is 14.9. The number of anilines is 2. The van der Waals surface area contributed by atoms with Crippen LogP contribution in [-0.4, -0.2) is 72.7 Å². The van der Waals surface area contributed by atoms with Crippen LogP contribution in [0.25, 0.3) is 21.5 Å². The number of carbonyl (C=O) groups is 4. The zero-order valence-corrected chi connectivity index (χ0v) is 31.7. The minimum Gasteiger partial charge on any atom is -0.377 e. The Hall–Kier alpha value is -4.72. The van der Waals surface area contributed by atoms with Gasteiger partial charge in [-0.25, -0.2) is 0 Å². The molecule has 0 saturated heterocycles. The van der Waals surface area contributed by atoms with Crippen molar-refractivity contribution in [1.82, 2.24) is 9.80 Å². The fourth-order valence-corrected chi connectivity index (χ4v) is 5.94. The molecule has 4 aromatic rings. The average Bonchev–Trinajstić information content (AvgIpc) is 2.98. The summed E-state index contributed by atoms with van der Waals surface area (Å²) in [6.45, 7) is 20.8. The molecule has 2 aliphatic rings. The lowest BCUT2D eigenvalue weighted by Crippen LogP contribution is -2.51. The Balaban J connectivity index is 0.000000302. The lowest BCUT2D eigenvalue weighted by molar-refractivity contribution is 0.0459. The van der Waals surface area contributed by atoms with Crippen molar-refractivity contribution >= 4 is 56.5 Å². The highest BCUT2D eigenvalue weighted by molar-refractivity contribution is 6.28. The van der Waals surface area contributed by atoms with Gasteiger partial charge in [0, 0.05) is 94.4 Å². The van der Waals surface area contributed by atoms with Crippen LogP contribution in [0.4, 0.5) is 11.4 Å². The Morgan fingerprint density at radius 2 is 0.863 bits per heavy atom. The second-order valence-corrected chi connectivity index (χ2v) is 16.6. The van der Waals surface area contributed by atoms with Gasteiger partial charge in [-0.2, -0.15) is 0 Å². The summed E-state index contributed by atoms with van der Waals surface area (Å²) in [7, 11) is 7.47. The molecular weight excluding hydrogens is 636 g/mol. The number of amides is 4. The van der Waals surface area contributed by atoms with Crippen molar-refractivity contribution in [2.24, 2.45) is 5.41 Å². The van der Waals surface area contributed by atoms with Gasteiger partial charge in [0.25, 0.3) is 23.6 Å². The first-order valence-corrected chi connectivity index (χ1v) is 16.7. The van der Waals surface area contributed by atoms with E-state index >= 15 is 0 Å². The number of carbonyl (C=O) groups excluding carboxylic acids is 4. The normalized spacial score (nSPS) is 13.8. The number of hydrogen-bond acceptors (Lipinski definition) is 6. The van der Waals surface area contributed by atoms with Crippen molar-refractivity contribution in [3.8, 4) is 0 Å². The van der Waals surface area contributed by atoms with Crippen LogP contribution < -0.4 is 9.80 Å². The Labute approximate surface area is 306 Å². The molecule has 0 aromatic heterocycles. The van der Waals surface area contributed by atoms with Crippen LogP contribution in [0.2, 0.25) is 0 Å². The minimum absolute atomic E-state index is 0. The number of hydrogen-bond donors (Lipinski definition) is 0. The van der Waals surface area contributed by atoms with Gasteiger partial charge in [0.1, 0.15) is 0 Å². The van der Waals surface area contributed by atoms with E-state index in [4.69, 9.17) is 0 Å². The van der Waals surface area contributed by atoms with Crippen molar-refractivity contribution in [2.45, 2.75) is 95.2 Å². The predicted molar refractivity (Wildman–Crippen MR) is 216 cm³/mol. The van der Waals surface area contributed by atoms with Crippen molar-refractivity contribution in [3.63, 3.8) is 0 Å². The molecule has 0 spiro atoms. The first-order valence-electron chi connectivity index (χ1n) is 16.7. The zero-order valence-electron chi connectivity index (χ0n) is 31.7. The molecule has 0 N–H and O–H groups in total. The van der Waals surface area contributed by atoms with Crippen LogP contribution in [0.1, 0.15) is 126 Å². The molecule has 0 aliphatic carbocycles. The number of rotatable bonds is 2. The fraction of sp³-hybridized carbons (Fsp3) is 0.442. The van der Waals surface area contributed by atoms with Gasteiger partial charge in [-0.1, -0.05) is 66.8 Å². The molecule has 2 heterocycles. The predicted octanol–water partition coefficient (Wildman–Crippen LogP) is 9.93. The number of imide groups is 2. The Morgan fingerprint density at radius 1 is 0.510 bits per heavy atom. The van der Waals surface area contributed by atoms with E-state index in [0.29, 0.717) is 27.7 Å². The smallest absolute Gasteiger partial charge is 0.261 e. The van der Waals surface area contributed by atoms with Crippen LogP contribution >= 0.6 is 0 Å². The highest BCUT2D eigenvalue weighted by Crippen LogP contribution is 2.38. The van der Waals surface area contributed by atoms with Crippen LogP contribution in [0.5, 0.6) is 0 Å². The molecule has 0 bridgehead atoms. The molecular formula is C43H60N4O4. The van der Waals surface area contributed by atoms with E-state index < -0.39 is 5.54 Å². The largest absolute Gasteiger partial charge is 0.377 e. The van der Waals surface area contributed by atoms with Crippen molar-refractivity contribution < 1.29 is 19.2 Å². The van der Waals surface area contributed by atoms with Gasteiger partial charge in [-0.3, -0.25) is 29.0 Å². The van der Waals surface area contributed by atoms with Gasteiger partial charge in [0.15, 0.2) is 0 Å². The third-order valence-electron chi connectivity index (χ3n) is 8.49. The number of nitrogens with zero attached hydrogens (tertiary/aromatic N) is 4. The Morgan fingerprint density at radius 3 is 1.25 bits per heavy atom. The molecule has 0 atom stereocenters. The number of benzene rings is 4. The summed E-state index contributed by atoms with van der Waals surface area (Å²) in [5.41, 5.74) is 4.32. The molecule has 4 aromatic carbocycles. The SMILES string of the molecule is C.C.CC(C)(C)C.CN(C)c1ccc2c3c(cccc13)C(=O)N(C(C)(C)C)C2=O.CN1C(=O)c2cccc3c(N(C)C(C)(C)C)ccc(c23)C1=O. The summed E-state index contributed by atoms with van der Waals surface area (Å²) in [5, 5.41) is 3.42. The molecule has 0 unspecified atom stereocenters. The fourth-order valence-electron chi connectivity index (χ4n) is 5.94. The summed E-state index contributed by atoms with van der Waals surface area (Å²) >= 11 is 0. The summed E-state index contributed by atoms with van der Waals surface area (Å²) in [6.07, 6.45) is 0. The van der Waals surface area contributed by atoms with E-state index in [1.54, 1.807) is 12.1 Å². The topological polar surface area (TPSA) is 81.2 Å². The molecule has 276 valence electrons. The van der Waals surface area contributed by atoms with Crippen LogP contribution in [-0.2, 0) is 0 Å². The minimum atomic E-state index is -0.547. The molecule has 8 heteroatoms. The van der Waals surface area contributed by atoms with Gasteiger partial charge in [0.2, 0.25) is 0 Å². The van der Waals surface area contributed by atoms with E-state index in [1.165, 1.54) is 16.8 Å². The maximum Gasteiger partial charge on any atom is 0.261 e. The maximum atomic E-state index is 12.8. The summed E-state index contributed by atoms with van der Waals surface area (Å²) in [6, 6.07) is 18.9. The van der Waals surface area contributed by atoms with Crippen molar-refractivity contribution in [1.29, 1.82) is 0 Å². The van der Waals surface area contributed by atoms with Gasteiger partial charge < -0.3 is 9.80 Å². The van der Waals surface area contributed by atoms with E-state index in [9.17, 15) is 19.2 Å². The molecule has 51 heavy (non-hydrogen) atoms. The molecule has 2 aliphatic heterocycles. The quantitative estimate of drug-likeness (QED) is 0.194. The third-order valence-corrected chi connectivity index (χ3v) is 8.49. The average molecular weight is 697 g/mol. The molecule has 8 nitrogen and oxygen atoms in total.